The Morgan fingerprint density at radius 3 is 2.72 bits per heavy atom. The van der Waals surface area contributed by atoms with E-state index in [1.165, 1.54) is 11.5 Å². The summed E-state index contributed by atoms with van der Waals surface area (Å²) in [6.07, 6.45) is 9.37. The van der Waals surface area contributed by atoms with Gasteiger partial charge in [0.05, 0.1) is 51.8 Å². The Bertz CT molecular complexity index is 2570. The number of alkyl halides is 1. The van der Waals surface area contributed by atoms with Crippen molar-refractivity contribution in [2.75, 3.05) is 64.1 Å². The van der Waals surface area contributed by atoms with Crippen molar-refractivity contribution in [1.29, 1.82) is 0 Å². The van der Waals surface area contributed by atoms with Crippen LogP contribution in [0.25, 0.3) is 52.5 Å². The number of hydrogen-bond acceptors (Lipinski definition) is 13. The highest BCUT2D eigenvalue weighted by molar-refractivity contribution is 7.31. The molecule has 2 unspecified atom stereocenters. The van der Waals surface area contributed by atoms with Crippen LogP contribution in [0, 0.1) is 5.82 Å². The molecule has 5 aliphatic rings. The molecule has 6 aromatic rings. The third-order valence-corrected chi connectivity index (χ3v) is 15.5. The van der Waals surface area contributed by atoms with Gasteiger partial charge in [0, 0.05) is 43.7 Å². The van der Waals surface area contributed by atoms with Crippen molar-refractivity contribution >= 4 is 70.0 Å². The number of halogens is 2. The number of thiophene rings is 1. The molecule has 0 spiro atoms. The molecule has 0 amide bonds. The zero-order valence-corrected chi connectivity index (χ0v) is 35.9. The fourth-order valence-corrected chi connectivity index (χ4v) is 12.8. The van der Waals surface area contributed by atoms with Gasteiger partial charge in [0.1, 0.15) is 40.5 Å². The number of hydrogen-bond donors (Lipinski definition) is 0. The van der Waals surface area contributed by atoms with Crippen molar-refractivity contribution in [3.05, 3.63) is 35.8 Å². The normalized spacial score (nSPS) is 28.1. The molecule has 5 fully saturated rings. The van der Waals surface area contributed by atoms with Crippen LogP contribution in [0.15, 0.2) is 24.4 Å². The summed E-state index contributed by atoms with van der Waals surface area (Å²) < 4.78 is 71.5. The predicted octanol–water partition coefficient (Wildman–Crippen LogP) is 8.97. The van der Waals surface area contributed by atoms with Crippen LogP contribution in [0.2, 0.25) is 0 Å². The number of fused-ring (bicyclic) bond motifs is 6. The minimum atomic E-state index is -0.865. The maximum absolute atomic E-state index is 15.8. The van der Waals surface area contributed by atoms with Crippen LogP contribution in [0.1, 0.15) is 83.4 Å². The van der Waals surface area contributed by atoms with Crippen molar-refractivity contribution in [3.8, 4) is 17.3 Å². The van der Waals surface area contributed by atoms with Crippen molar-refractivity contribution in [2.24, 2.45) is 0 Å². The molecule has 2 aromatic carbocycles. The Morgan fingerprint density at radius 2 is 1.88 bits per heavy atom. The fraction of sp³-hybridized carbons (Fsp3) is 0.591. The molecular weight excluding hydrogens is 809 g/mol. The molecule has 318 valence electrons. The molecule has 0 saturated carbocycles. The highest BCUT2D eigenvalue weighted by atomic mass is 32.1. The van der Waals surface area contributed by atoms with Crippen LogP contribution in [-0.4, -0.2) is 112 Å². The molecule has 0 bridgehead atoms. The van der Waals surface area contributed by atoms with Gasteiger partial charge in [0.15, 0.2) is 12.5 Å². The zero-order valence-electron chi connectivity index (χ0n) is 34.2. The summed E-state index contributed by atoms with van der Waals surface area (Å²) in [6.45, 7) is 9.09. The Kier molecular flexibility index (Phi) is 10.2. The number of aromatic nitrogens is 5. The average Bonchev–Trinajstić information content (AvgIpc) is 4.06. The molecule has 60 heavy (non-hydrogen) atoms. The van der Waals surface area contributed by atoms with Gasteiger partial charge in [0.25, 0.3) is 0 Å². The first-order valence-electron chi connectivity index (χ1n) is 21.8. The van der Waals surface area contributed by atoms with Crippen LogP contribution in [0.3, 0.4) is 0 Å². The average molecular weight is 860 g/mol. The van der Waals surface area contributed by atoms with E-state index in [2.05, 4.69) is 22.8 Å². The van der Waals surface area contributed by atoms with Gasteiger partial charge in [-0.25, -0.2) is 13.5 Å². The third kappa shape index (κ3) is 6.76. The number of nitrogens with zero attached hydrogens (tertiary/aromatic N) is 7. The third-order valence-electron chi connectivity index (χ3n) is 13.4. The highest BCUT2D eigenvalue weighted by Gasteiger charge is 2.49. The van der Waals surface area contributed by atoms with Crippen LogP contribution >= 0.6 is 22.9 Å². The lowest BCUT2D eigenvalue weighted by molar-refractivity contribution is -0.227. The minimum absolute atomic E-state index is 0.170. The smallest absolute Gasteiger partial charge is 0.319 e. The Labute approximate surface area is 355 Å². The van der Waals surface area contributed by atoms with E-state index in [0.29, 0.717) is 71.1 Å². The molecule has 5 saturated heterocycles. The Balaban J connectivity index is 1.07. The van der Waals surface area contributed by atoms with E-state index < -0.39 is 11.8 Å². The van der Waals surface area contributed by atoms with Gasteiger partial charge in [-0.05, 0) is 111 Å². The molecule has 5 atom stereocenters. The molecular formula is C44H51F2N7O5S2. The van der Waals surface area contributed by atoms with E-state index in [9.17, 15) is 4.39 Å². The summed E-state index contributed by atoms with van der Waals surface area (Å²) in [6, 6.07) is 5.83. The van der Waals surface area contributed by atoms with Gasteiger partial charge in [-0.15, -0.1) is 11.3 Å². The molecule has 12 nitrogen and oxygen atoms in total. The standard InChI is InChI=1S/C44H51F2N7O5S2/c1-3-28-30(46)12-11-26-19-31-29(21-47-53(31)32-9-4-6-16-55-32)35(34(26)28)37-39-38(60-50-37)36-40(51-15-18-54-24-43(2,23-51)58-33-10-5-7-17-56-33)48-42(49-41(36)59-39)57-25-44-13-8-14-52(44)22-27(45)20-44/h11-12,19,21,27,32-33H,3-10,13-18,20,22-25H2,1-2H3/t27-,32?,33?,43+,44+/m1/s1. The lowest BCUT2D eigenvalue weighted by Crippen LogP contribution is -2.47. The minimum Gasteiger partial charge on any atom is -0.461 e. The lowest BCUT2D eigenvalue weighted by atomic mass is 9.93. The second-order valence-corrected chi connectivity index (χ2v) is 19.3. The van der Waals surface area contributed by atoms with E-state index in [1.807, 2.05) is 23.9 Å². The maximum Gasteiger partial charge on any atom is 0.319 e. The van der Waals surface area contributed by atoms with Crippen molar-refractivity contribution in [3.63, 3.8) is 0 Å². The number of anilines is 1. The van der Waals surface area contributed by atoms with Gasteiger partial charge < -0.3 is 28.6 Å². The summed E-state index contributed by atoms with van der Waals surface area (Å²) in [5.41, 5.74) is 2.19. The summed E-state index contributed by atoms with van der Waals surface area (Å²) in [7, 11) is 0. The van der Waals surface area contributed by atoms with Gasteiger partial charge in [-0.1, -0.05) is 13.0 Å². The van der Waals surface area contributed by atoms with E-state index in [4.69, 9.17) is 43.1 Å². The summed E-state index contributed by atoms with van der Waals surface area (Å²) in [4.78, 5) is 15.6. The molecule has 4 aromatic heterocycles. The summed E-state index contributed by atoms with van der Waals surface area (Å²) >= 11 is 2.97. The van der Waals surface area contributed by atoms with Crippen LogP contribution in [0.5, 0.6) is 6.01 Å². The second-order valence-electron chi connectivity index (χ2n) is 17.6. The summed E-state index contributed by atoms with van der Waals surface area (Å²) in [5, 5.41) is 8.49. The summed E-state index contributed by atoms with van der Waals surface area (Å²) in [5.74, 6) is 0.489. The van der Waals surface area contributed by atoms with Crippen LogP contribution in [0.4, 0.5) is 14.6 Å². The predicted molar refractivity (Wildman–Crippen MR) is 230 cm³/mol. The molecule has 0 N–H and O–H groups in total. The van der Waals surface area contributed by atoms with Crippen LogP contribution in [-0.2, 0) is 25.4 Å². The lowest BCUT2D eigenvalue weighted by Gasteiger charge is -2.37. The number of ether oxygens (including phenoxy) is 5. The SMILES string of the molecule is CCc1c(F)ccc2cc3c(cnn3C3CCCCO3)c(-c3nsc4c3sc3nc(OC[C@@]56CCCN5C[C@H](F)C6)nc(N5CCOC[C@@](C)(OC6CCCCO6)C5)c34)c12. The van der Waals surface area contributed by atoms with Gasteiger partial charge in [0.2, 0.25) is 0 Å². The quantitative estimate of drug-likeness (QED) is 0.139. The van der Waals surface area contributed by atoms with E-state index in [-0.39, 0.29) is 29.9 Å². The first kappa shape index (κ1) is 39.2. The van der Waals surface area contributed by atoms with Crippen molar-refractivity contribution in [2.45, 2.75) is 108 Å². The van der Waals surface area contributed by atoms with Crippen LogP contribution < -0.4 is 9.64 Å². The fourth-order valence-electron chi connectivity index (χ4n) is 10.6. The first-order valence-corrected chi connectivity index (χ1v) is 23.4. The second kappa shape index (κ2) is 15.6. The van der Waals surface area contributed by atoms with E-state index in [0.717, 1.165) is 116 Å². The zero-order chi connectivity index (χ0) is 40.6. The topological polar surface area (TPSA) is 109 Å². The maximum atomic E-state index is 15.8. The largest absolute Gasteiger partial charge is 0.461 e. The van der Waals surface area contributed by atoms with E-state index in [1.54, 1.807) is 17.4 Å². The molecule has 5 aliphatic heterocycles. The molecule has 0 aliphatic carbocycles. The highest BCUT2D eigenvalue weighted by Crippen LogP contribution is 2.50. The first-order chi connectivity index (χ1) is 29.3. The number of rotatable bonds is 9. The van der Waals surface area contributed by atoms with Gasteiger partial charge >= 0.3 is 6.01 Å². The molecule has 16 heteroatoms. The molecule has 9 heterocycles. The van der Waals surface area contributed by atoms with Gasteiger partial charge in [-0.2, -0.15) is 19.4 Å². The number of benzene rings is 2. The van der Waals surface area contributed by atoms with Crippen molar-refractivity contribution in [1.82, 2.24) is 29.0 Å². The molecule has 0 radical (unpaired) electrons. The van der Waals surface area contributed by atoms with Crippen molar-refractivity contribution < 1.29 is 32.5 Å². The molecule has 11 rings (SSSR count). The number of aryl methyl sites for hydroxylation is 1. The Morgan fingerprint density at radius 1 is 1.00 bits per heavy atom. The van der Waals surface area contributed by atoms with Gasteiger partial charge in [-0.3, -0.25) is 4.90 Å². The monoisotopic (exact) mass is 859 g/mol. The Hall–Kier alpha value is -3.64. The van der Waals surface area contributed by atoms with E-state index >= 15 is 4.39 Å².